The van der Waals surface area contributed by atoms with Crippen molar-refractivity contribution in [2.24, 2.45) is 5.92 Å². The zero-order valence-electron chi connectivity index (χ0n) is 12.2. The molecule has 0 spiro atoms. The van der Waals surface area contributed by atoms with Gasteiger partial charge in [0.05, 0.1) is 25.2 Å². The molecule has 0 saturated carbocycles. The van der Waals surface area contributed by atoms with E-state index in [1.54, 1.807) is 6.92 Å². The predicted octanol–water partition coefficient (Wildman–Crippen LogP) is 1.77. The molecule has 1 aromatic rings. The van der Waals surface area contributed by atoms with Gasteiger partial charge < -0.3 is 15.4 Å². The largest absolute Gasteiger partial charge is 0.379 e. The van der Waals surface area contributed by atoms with Crippen molar-refractivity contribution in [2.75, 3.05) is 19.8 Å². The summed E-state index contributed by atoms with van der Waals surface area (Å²) in [6, 6.07) is 3.24. The Bertz CT molecular complexity index is 510. The molecule has 0 radical (unpaired) electrons. The van der Waals surface area contributed by atoms with Crippen molar-refractivity contribution in [3.05, 3.63) is 35.4 Å². The summed E-state index contributed by atoms with van der Waals surface area (Å²) in [6.07, 6.45) is 0. The summed E-state index contributed by atoms with van der Waals surface area (Å²) in [5.41, 5.74) is 0.529. The van der Waals surface area contributed by atoms with Crippen molar-refractivity contribution in [2.45, 2.75) is 25.9 Å². The maximum absolute atomic E-state index is 13.2. The third-order valence-corrected chi connectivity index (χ3v) is 3.69. The van der Waals surface area contributed by atoms with Crippen LogP contribution in [-0.4, -0.2) is 31.7 Å². The van der Waals surface area contributed by atoms with Gasteiger partial charge in [-0.15, -0.1) is 0 Å². The van der Waals surface area contributed by atoms with Gasteiger partial charge in [0, 0.05) is 6.04 Å². The number of hydrogen-bond acceptors (Lipinski definition) is 3. The first-order valence-corrected chi connectivity index (χ1v) is 7.09. The zero-order chi connectivity index (χ0) is 15.4. The van der Waals surface area contributed by atoms with E-state index in [0.29, 0.717) is 18.8 Å². The second-order valence-corrected chi connectivity index (χ2v) is 5.21. The van der Waals surface area contributed by atoms with Gasteiger partial charge in [-0.1, -0.05) is 13.0 Å². The van der Waals surface area contributed by atoms with Crippen molar-refractivity contribution in [3.8, 4) is 0 Å². The number of likely N-dealkylation sites (N-methyl/N-ethyl adjacent to an activating group) is 1. The van der Waals surface area contributed by atoms with E-state index in [4.69, 9.17) is 4.74 Å². The summed E-state index contributed by atoms with van der Waals surface area (Å²) < 4.78 is 31.5. The molecule has 1 saturated heterocycles. The van der Waals surface area contributed by atoms with Crippen LogP contribution in [0.1, 0.15) is 25.5 Å². The number of hydrogen-bond donors (Lipinski definition) is 2. The smallest absolute Gasteiger partial charge is 0.227 e. The normalized spacial score (nSPS) is 23.0. The van der Waals surface area contributed by atoms with Gasteiger partial charge in [-0.3, -0.25) is 4.79 Å². The molecule has 2 N–H and O–H groups in total. The van der Waals surface area contributed by atoms with Crippen LogP contribution in [0.25, 0.3) is 0 Å². The molecule has 116 valence electrons. The quantitative estimate of drug-likeness (QED) is 0.871. The molecule has 3 atom stereocenters. The van der Waals surface area contributed by atoms with Crippen LogP contribution in [0.3, 0.4) is 0 Å². The van der Waals surface area contributed by atoms with Gasteiger partial charge in [0.15, 0.2) is 11.6 Å². The number of ether oxygens (including phenoxy) is 1. The first kappa shape index (κ1) is 15.9. The molecule has 1 fully saturated rings. The lowest BCUT2D eigenvalue weighted by Gasteiger charge is -2.21. The maximum atomic E-state index is 13.2. The average Bonchev–Trinajstić information content (AvgIpc) is 2.90. The molecule has 1 aliphatic rings. The van der Waals surface area contributed by atoms with Crippen molar-refractivity contribution < 1.29 is 18.3 Å². The highest BCUT2D eigenvalue weighted by Gasteiger charge is 2.34. The van der Waals surface area contributed by atoms with Gasteiger partial charge in [0.2, 0.25) is 5.91 Å². The van der Waals surface area contributed by atoms with Crippen LogP contribution in [0.2, 0.25) is 0 Å². The van der Waals surface area contributed by atoms with E-state index >= 15 is 0 Å². The van der Waals surface area contributed by atoms with Crippen LogP contribution in [0, 0.1) is 17.6 Å². The number of rotatable bonds is 5. The highest BCUT2D eigenvalue weighted by atomic mass is 19.2. The lowest BCUT2D eigenvalue weighted by atomic mass is 10.0. The third-order valence-electron chi connectivity index (χ3n) is 3.69. The van der Waals surface area contributed by atoms with E-state index in [-0.39, 0.29) is 17.9 Å². The first-order chi connectivity index (χ1) is 10.0. The Morgan fingerprint density at radius 3 is 2.81 bits per heavy atom. The fourth-order valence-electron chi connectivity index (χ4n) is 2.46. The van der Waals surface area contributed by atoms with E-state index in [1.165, 1.54) is 6.07 Å². The number of halogens is 2. The fraction of sp³-hybridized carbons (Fsp3) is 0.533. The van der Waals surface area contributed by atoms with Gasteiger partial charge >= 0.3 is 0 Å². The molecule has 1 aromatic carbocycles. The number of benzene rings is 1. The second kappa shape index (κ2) is 6.95. The van der Waals surface area contributed by atoms with Crippen molar-refractivity contribution >= 4 is 5.91 Å². The Labute approximate surface area is 122 Å². The molecule has 21 heavy (non-hydrogen) atoms. The molecule has 3 unspecified atom stereocenters. The molecule has 2 rings (SSSR count). The molecule has 0 aliphatic carbocycles. The highest BCUT2D eigenvalue weighted by Crippen LogP contribution is 2.19. The first-order valence-electron chi connectivity index (χ1n) is 7.09. The highest BCUT2D eigenvalue weighted by molar-refractivity contribution is 5.80. The van der Waals surface area contributed by atoms with E-state index < -0.39 is 17.7 Å². The Morgan fingerprint density at radius 1 is 1.38 bits per heavy atom. The minimum absolute atomic E-state index is 0.00726. The van der Waals surface area contributed by atoms with Crippen molar-refractivity contribution in [1.82, 2.24) is 10.6 Å². The molecule has 6 heteroatoms. The zero-order valence-corrected chi connectivity index (χ0v) is 12.2. The Balaban J connectivity index is 1.99. The Morgan fingerprint density at radius 2 is 2.14 bits per heavy atom. The lowest BCUT2D eigenvalue weighted by Crippen LogP contribution is -2.44. The van der Waals surface area contributed by atoms with Gasteiger partial charge in [-0.25, -0.2) is 8.78 Å². The number of nitrogens with one attached hydrogen (secondary N) is 2. The molecule has 4 nitrogen and oxygen atoms in total. The summed E-state index contributed by atoms with van der Waals surface area (Å²) in [5, 5.41) is 6.03. The SMILES string of the molecule is CCNC1COCC1C(=O)NC(C)c1ccc(F)c(F)c1. The standard InChI is InChI=1S/C15H20F2N2O2/c1-3-18-14-8-21-7-11(14)15(20)19-9(2)10-4-5-12(16)13(17)6-10/h4-6,9,11,14,18H,3,7-8H2,1-2H3,(H,19,20). The minimum Gasteiger partial charge on any atom is -0.379 e. The Kier molecular flexibility index (Phi) is 5.25. The van der Waals surface area contributed by atoms with Crippen LogP contribution < -0.4 is 10.6 Å². The van der Waals surface area contributed by atoms with Crippen LogP contribution in [-0.2, 0) is 9.53 Å². The monoisotopic (exact) mass is 298 g/mol. The second-order valence-electron chi connectivity index (χ2n) is 5.21. The summed E-state index contributed by atoms with van der Waals surface area (Å²) in [6.45, 7) is 5.34. The molecular weight excluding hydrogens is 278 g/mol. The lowest BCUT2D eigenvalue weighted by molar-refractivity contribution is -0.126. The van der Waals surface area contributed by atoms with Gasteiger partial charge in [0.1, 0.15) is 0 Å². The molecule has 1 amide bonds. The molecule has 1 heterocycles. The third kappa shape index (κ3) is 3.77. The summed E-state index contributed by atoms with van der Waals surface area (Å²) in [7, 11) is 0. The predicted molar refractivity (Wildman–Crippen MR) is 74.7 cm³/mol. The van der Waals surface area contributed by atoms with E-state index in [2.05, 4.69) is 10.6 Å². The van der Waals surface area contributed by atoms with Crippen LogP contribution in [0.15, 0.2) is 18.2 Å². The molecule has 1 aliphatic heterocycles. The number of carbonyl (C=O) groups is 1. The summed E-state index contributed by atoms with van der Waals surface area (Å²) in [5.74, 6) is -2.22. The van der Waals surface area contributed by atoms with Crippen LogP contribution >= 0.6 is 0 Å². The van der Waals surface area contributed by atoms with Crippen LogP contribution in [0.4, 0.5) is 8.78 Å². The fourth-order valence-corrected chi connectivity index (χ4v) is 2.46. The van der Waals surface area contributed by atoms with Gasteiger partial charge in [-0.2, -0.15) is 0 Å². The van der Waals surface area contributed by atoms with Crippen LogP contribution in [0.5, 0.6) is 0 Å². The Hall–Kier alpha value is -1.53. The molecule has 0 aromatic heterocycles. The number of carbonyl (C=O) groups excluding carboxylic acids is 1. The van der Waals surface area contributed by atoms with E-state index in [9.17, 15) is 13.6 Å². The van der Waals surface area contributed by atoms with Gasteiger partial charge in [0.25, 0.3) is 0 Å². The van der Waals surface area contributed by atoms with Gasteiger partial charge in [-0.05, 0) is 31.2 Å². The molecule has 0 bridgehead atoms. The van der Waals surface area contributed by atoms with Crippen molar-refractivity contribution in [1.29, 1.82) is 0 Å². The number of amides is 1. The maximum Gasteiger partial charge on any atom is 0.227 e. The van der Waals surface area contributed by atoms with E-state index in [1.807, 2.05) is 6.92 Å². The van der Waals surface area contributed by atoms with Crippen molar-refractivity contribution in [3.63, 3.8) is 0 Å². The van der Waals surface area contributed by atoms with E-state index in [0.717, 1.165) is 18.7 Å². The topological polar surface area (TPSA) is 50.4 Å². The average molecular weight is 298 g/mol. The minimum atomic E-state index is -0.914. The summed E-state index contributed by atoms with van der Waals surface area (Å²) in [4.78, 5) is 12.3. The summed E-state index contributed by atoms with van der Waals surface area (Å²) >= 11 is 0. The molecular formula is C15H20F2N2O2.